The molecule has 0 amide bonds. The molecule has 2 rings (SSSR count). The number of nitrogens with two attached hydrogens (primary N) is 1. The van der Waals surface area contributed by atoms with E-state index < -0.39 is 0 Å². The third-order valence-corrected chi connectivity index (χ3v) is 3.40. The van der Waals surface area contributed by atoms with Crippen LogP contribution in [0.25, 0.3) is 0 Å². The van der Waals surface area contributed by atoms with Crippen LogP contribution in [0.3, 0.4) is 0 Å². The standard InChI is InChI=1S/C14H19NO2/c1-17-14-8-11-6-4-2-3-5-10(11)7-12(14)13(16)9-15/h7-8H,2-6,9,15H2,1H3. The molecule has 92 valence electrons. The zero-order valence-corrected chi connectivity index (χ0v) is 10.3. The summed E-state index contributed by atoms with van der Waals surface area (Å²) >= 11 is 0. The summed E-state index contributed by atoms with van der Waals surface area (Å²) in [5.41, 5.74) is 8.68. The van der Waals surface area contributed by atoms with Crippen LogP contribution in [0.15, 0.2) is 12.1 Å². The quantitative estimate of drug-likeness (QED) is 0.642. The summed E-state index contributed by atoms with van der Waals surface area (Å²) in [6.45, 7) is 0.0369. The minimum atomic E-state index is -0.0473. The van der Waals surface area contributed by atoms with E-state index in [2.05, 4.69) is 0 Å². The van der Waals surface area contributed by atoms with Crippen LogP contribution >= 0.6 is 0 Å². The third-order valence-electron chi connectivity index (χ3n) is 3.40. The zero-order chi connectivity index (χ0) is 12.3. The van der Waals surface area contributed by atoms with Crippen molar-refractivity contribution in [3.63, 3.8) is 0 Å². The van der Waals surface area contributed by atoms with Gasteiger partial charge in [0.15, 0.2) is 5.78 Å². The van der Waals surface area contributed by atoms with Gasteiger partial charge in [0.2, 0.25) is 0 Å². The maximum Gasteiger partial charge on any atom is 0.180 e. The van der Waals surface area contributed by atoms with Gasteiger partial charge in [0.25, 0.3) is 0 Å². The molecule has 1 aliphatic rings. The summed E-state index contributed by atoms with van der Waals surface area (Å²) < 4.78 is 5.30. The topological polar surface area (TPSA) is 52.3 Å². The predicted molar refractivity (Wildman–Crippen MR) is 67.6 cm³/mol. The van der Waals surface area contributed by atoms with E-state index in [1.165, 1.54) is 30.4 Å². The molecule has 0 unspecified atom stereocenters. The Morgan fingerprint density at radius 2 is 1.88 bits per heavy atom. The first kappa shape index (κ1) is 12.1. The van der Waals surface area contributed by atoms with Gasteiger partial charge in [-0.1, -0.05) is 6.42 Å². The molecule has 1 aliphatic carbocycles. The van der Waals surface area contributed by atoms with Crippen molar-refractivity contribution < 1.29 is 9.53 Å². The van der Waals surface area contributed by atoms with E-state index in [4.69, 9.17) is 10.5 Å². The second kappa shape index (κ2) is 5.32. The largest absolute Gasteiger partial charge is 0.496 e. The lowest BCUT2D eigenvalue weighted by Crippen LogP contribution is -2.15. The van der Waals surface area contributed by atoms with Crippen molar-refractivity contribution in [3.05, 3.63) is 28.8 Å². The van der Waals surface area contributed by atoms with Crippen LogP contribution in [0.1, 0.15) is 40.7 Å². The van der Waals surface area contributed by atoms with Gasteiger partial charge in [-0.3, -0.25) is 4.79 Å². The minimum Gasteiger partial charge on any atom is -0.496 e. The summed E-state index contributed by atoms with van der Waals surface area (Å²) in [6, 6.07) is 4.00. The number of methoxy groups -OCH3 is 1. The first-order chi connectivity index (χ1) is 8.26. The highest BCUT2D eigenvalue weighted by Gasteiger charge is 2.16. The number of carbonyl (C=O) groups excluding carboxylic acids is 1. The molecule has 3 nitrogen and oxygen atoms in total. The minimum absolute atomic E-state index is 0.0369. The van der Waals surface area contributed by atoms with E-state index >= 15 is 0 Å². The van der Waals surface area contributed by atoms with Gasteiger partial charge in [-0.05, 0) is 48.9 Å². The first-order valence-electron chi connectivity index (χ1n) is 6.19. The molecule has 1 aromatic rings. The highest BCUT2D eigenvalue weighted by Crippen LogP contribution is 2.28. The number of rotatable bonds is 3. The zero-order valence-electron chi connectivity index (χ0n) is 10.3. The number of Topliss-reactive ketones (excluding diaryl/α,β-unsaturated/α-hetero) is 1. The van der Waals surface area contributed by atoms with E-state index in [1.807, 2.05) is 12.1 Å². The van der Waals surface area contributed by atoms with Gasteiger partial charge < -0.3 is 10.5 Å². The molecule has 0 aromatic heterocycles. The lowest BCUT2D eigenvalue weighted by atomic mass is 9.97. The van der Waals surface area contributed by atoms with Crippen LogP contribution < -0.4 is 10.5 Å². The molecule has 0 aliphatic heterocycles. The molecule has 3 heteroatoms. The second-order valence-corrected chi connectivity index (χ2v) is 4.51. The van der Waals surface area contributed by atoms with Crippen LogP contribution in [-0.2, 0) is 12.8 Å². The molecule has 0 radical (unpaired) electrons. The van der Waals surface area contributed by atoms with Crippen LogP contribution in [0.4, 0.5) is 0 Å². The molecule has 0 saturated carbocycles. The normalized spacial score (nSPS) is 14.9. The lowest BCUT2D eigenvalue weighted by molar-refractivity contribution is 0.0998. The fourth-order valence-corrected chi connectivity index (χ4v) is 2.44. The second-order valence-electron chi connectivity index (χ2n) is 4.51. The molecule has 0 saturated heterocycles. The Kier molecular flexibility index (Phi) is 3.79. The maximum atomic E-state index is 11.8. The number of aryl methyl sites for hydroxylation is 2. The van der Waals surface area contributed by atoms with Gasteiger partial charge in [-0.2, -0.15) is 0 Å². The summed E-state index contributed by atoms with van der Waals surface area (Å²) in [5, 5.41) is 0. The third kappa shape index (κ3) is 2.50. The predicted octanol–water partition coefficient (Wildman–Crippen LogP) is 2.11. The van der Waals surface area contributed by atoms with Crippen molar-refractivity contribution >= 4 is 5.78 Å². The molecule has 17 heavy (non-hydrogen) atoms. The number of ketones is 1. The van der Waals surface area contributed by atoms with Crippen LogP contribution in [0.2, 0.25) is 0 Å². The molecule has 0 bridgehead atoms. The van der Waals surface area contributed by atoms with Gasteiger partial charge in [-0.15, -0.1) is 0 Å². The van der Waals surface area contributed by atoms with Gasteiger partial charge in [0.05, 0.1) is 19.2 Å². The Morgan fingerprint density at radius 3 is 2.47 bits per heavy atom. The Bertz CT molecular complexity index is 426. The van der Waals surface area contributed by atoms with Crippen molar-refractivity contribution in [2.24, 2.45) is 5.73 Å². The fraction of sp³-hybridized carbons (Fsp3) is 0.500. The maximum absolute atomic E-state index is 11.8. The van der Waals surface area contributed by atoms with Crippen molar-refractivity contribution in [2.75, 3.05) is 13.7 Å². The van der Waals surface area contributed by atoms with Gasteiger partial charge in [0.1, 0.15) is 5.75 Å². The summed E-state index contributed by atoms with van der Waals surface area (Å²) in [5.74, 6) is 0.620. The summed E-state index contributed by atoms with van der Waals surface area (Å²) in [4.78, 5) is 11.8. The monoisotopic (exact) mass is 233 g/mol. The number of benzene rings is 1. The van der Waals surface area contributed by atoms with Crippen molar-refractivity contribution in [2.45, 2.75) is 32.1 Å². The van der Waals surface area contributed by atoms with Crippen molar-refractivity contribution in [3.8, 4) is 5.75 Å². The number of ether oxygens (including phenoxy) is 1. The smallest absolute Gasteiger partial charge is 0.180 e. The van der Waals surface area contributed by atoms with Gasteiger partial charge in [-0.25, -0.2) is 0 Å². The first-order valence-corrected chi connectivity index (χ1v) is 6.19. The average Bonchev–Trinajstić information content (AvgIpc) is 2.60. The molecule has 0 fully saturated rings. The Labute approximate surface area is 102 Å². The van der Waals surface area contributed by atoms with Crippen LogP contribution in [-0.4, -0.2) is 19.4 Å². The van der Waals surface area contributed by atoms with E-state index in [1.54, 1.807) is 7.11 Å². The average molecular weight is 233 g/mol. The van der Waals surface area contributed by atoms with Crippen LogP contribution in [0.5, 0.6) is 5.75 Å². The van der Waals surface area contributed by atoms with Gasteiger partial charge >= 0.3 is 0 Å². The van der Waals surface area contributed by atoms with E-state index in [0.717, 1.165) is 12.8 Å². The number of fused-ring (bicyclic) bond motifs is 1. The Balaban J connectivity index is 2.45. The van der Waals surface area contributed by atoms with E-state index in [-0.39, 0.29) is 12.3 Å². The van der Waals surface area contributed by atoms with E-state index in [0.29, 0.717) is 11.3 Å². The molecular formula is C14H19NO2. The Morgan fingerprint density at radius 1 is 1.24 bits per heavy atom. The summed E-state index contributed by atoms with van der Waals surface area (Å²) in [7, 11) is 1.60. The van der Waals surface area contributed by atoms with E-state index in [9.17, 15) is 4.79 Å². The molecule has 0 atom stereocenters. The van der Waals surface area contributed by atoms with Crippen molar-refractivity contribution in [1.29, 1.82) is 0 Å². The SMILES string of the molecule is COc1cc2c(cc1C(=O)CN)CCCCC2. The molecule has 1 aromatic carbocycles. The Hall–Kier alpha value is -1.35. The van der Waals surface area contributed by atoms with Gasteiger partial charge in [0, 0.05) is 0 Å². The number of carbonyl (C=O) groups is 1. The molecule has 0 spiro atoms. The summed E-state index contributed by atoms with van der Waals surface area (Å²) in [6.07, 6.45) is 5.83. The lowest BCUT2D eigenvalue weighted by Gasteiger charge is -2.12. The molecule has 2 N–H and O–H groups in total. The van der Waals surface area contributed by atoms with Crippen LogP contribution in [0, 0.1) is 0 Å². The highest BCUT2D eigenvalue weighted by atomic mass is 16.5. The number of hydrogen-bond acceptors (Lipinski definition) is 3. The fourth-order valence-electron chi connectivity index (χ4n) is 2.44. The highest BCUT2D eigenvalue weighted by molar-refractivity contribution is 6.00. The molecule has 0 heterocycles. The van der Waals surface area contributed by atoms with Crippen molar-refractivity contribution in [1.82, 2.24) is 0 Å². The number of hydrogen-bond donors (Lipinski definition) is 1. The molecular weight excluding hydrogens is 214 g/mol.